The van der Waals surface area contributed by atoms with Crippen LogP contribution in [0.2, 0.25) is 0 Å². The molecule has 1 heterocycles. The predicted octanol–water partition coefficient (Wildman–Crippen LogP) is 0.725. The zero-order chi connectivity index (χ0) is 13.9. The number of likely N-dealkylation sites (tertiary alicyclic amines) is 1. The van der Waals surface area contributed by atoms with Crippen LogP contribution in [0.4, 0.5) is 0 Å². The van der Waals surface area contributed by atoms with Crippen LogP contribution in [0.25, 0.3) is 0 Å². The molecule has 0 spiro atoms. The molecule has 5 nitrogen and oxygen atoms in total. The minimum absolute atomic E-state index is 0.523. The lowest BCUT2D eigenvalue weighted by molar-refractivity contribution is 0.0100. The number of nitrogens with two attached hydrogens (primary N) is 1. The Morgan fingerprint density at radius 2 is 1.79 bits per heavy atom. The highest BCUT2D eigenvalue weighted by Crippen LogP contribution is 2.21. The van der Waals surface area contributed by atoms with Gasteiger partial charge in [-0.2, -0.15) is 0 Å². The average molecular weight is 274 g/mol. The summed E-state index contributed by atoms with van der Waals surface area (Å²) in [5, 5.41) is 0. The number of rotatable bonds is 10. The van der Waals surface area contributed by atoms with Gasteiger partial charge in [-0.15, -0.1) is 0 Å². The molecule has 1 aliphatic rings. The maximum absolute atomic E-state index is 5.87. The second-order valence-corrected chi connectivity index (χ2v) is 5.18. The van der Waals surface area contributed by atoms with Crippen LogP contribution in [0.3, 0.4) is 0 Å². The van der Waals surface area contributed by atoms with Crippen molar-refractivity contribution in [2.75, 3.05) is 59.8 Å². The summed E-state index contributed by atoms with van der Waals surface area (Å²) in [4.78, 5) is 2.47. The van der Waals surface area contributed by atoms with Gasteiger partial charge >= 0.3 is 0 Å². The SMILES string of the molecule is COCCOCCOCCN1CCCC(C)C1CN. The van der Waals surface area contributed by atoms with E-state index < -0.39 is 0 Å². The van der Waals surface area contributed by atoms with E-state index in [1.807, 2.05) is 0 Å². The van der Waals surface area contributed by atoms with Crippen LogP contribution < -0.4 is 5.73 Å². The van der Waals surface area contributed by atoms with Crippen LogP contribution in [-0.2, 0) is 14.2 Å². The van der Waals surface area contributed by atoms with Gasteiger partial charge in [0.15, 0.2) is 0 Å². The molecular weight excluding hydrogens is 244 g/mol. The standard InChI is InChI=1S/C14H30N2O3/c1-13-4-3-5-16(14(13)12-15)6-7-18-10-11-19-9-8-17-2/h13-14H,3-12,15H2,1-2H3. The number of piperidine rings is 1. The third-order valence-electron chi connectivity index (χ3n) is 3.80. The normalized spacial score (nSPS) is 24.8. The molecule has 114 valence electrons. The van der Waals surface area contributed by atoms with E-state index in [0.29, 0.717) is 38.4 Å². The van der Waals surface area contributed by atoms with Gasteiger partial charge in [0.1, 0.15) is 0 Å². The van der Waals surface area contributed by atoms with Crippen molar-refractivity contribution in [2.24, 2.45) is 11.7 Å². The molecule has 0 aromatic heterocycles. The fraction of sp³-hybridized carbons (Fsp3) is 1.00. The summed E-state index contributed by atoms with van der Waals surface area (Å²) in [6.07, 6.45) is 2.57. The van der Waals surface area contributed by atoms with Gasteiger partial charge in [-0.25, -0.2) is 0 Å². The van der Waals surface area contributed by atoms with Gasteiger partial charge in [0.2, 0.25) is 0 Å². The molecule has 0 saturated carbocycles. The fourth-order valence-corrected chi connectivity index (χ4v) is 2.64. The topological polar surface area (TPSA) is 57.0 Å². The van der Waals surface area contributed by atoms with Gasteiger partial charge in [0.25, 0.3) is 0 Å². The molecule has 19 heavy (non-hydrogen) atoms. The third kappa shape index (κ3) is 6.68. The van der Waals surface area contributed by atoms with E-state index in [-0.39, 0.29) is 0 Å². The molecule has 2 N–H and O–H groups in total. The summed E-state index contributed by atoms with van der Waals surface area (Å²) >= 11 is 0. The molecule has 0 aromatic rings. The number of hydrogen-bond acceptors (Lipinski definition) is 5. The van der Waals surface area contributed by atoms with Crippen molar-refractivity contribution in [3.63, 3.8) is 0 Å². The molecule has 0 aromatic carbocycles. The molecule has 1 rings (SSSR count). The summed E-state index contributed by atoms with van der Waals surface area (Å²) in [7, 11) is 1.67. The van der Waals surface area contributed by atoms with Gasteiger partial charge in [0.05, 0.1) is 33.0 Å². The first-order chi connectivity index (χ1) is 9.29. The van der Waals surface area contributed by atoms with Crippen molar-refractivity contribution in [1.82, 2.24) is 4.90 Å². The second-order valence-electron chi connectivity index (χ2n) is 5.18. The van der Waals surface area contributed by atoms with E-state index in [2.05, 4.69) is 11.8 Å². The van der Waals surface area contributed by atoms with E-state index in [9.17, 15) is 0 Å². The Morgan fingerprint density at radius 1 is 1.11 bits per heavy atom. The lowest BCUT2D eigenvalue weighted by Crippen LogP contribution is -2.49. The minimum atomic E-state index is 0.523. The molecule has 0 amide bonds. The zero-order valence-corrected chi connectivity index (χ0v) is 12.5. The van der Waals surface area contributed by atoms with Crippen molar-refractivity contribution in [1.29, 1.82) is 0 Å². The van der Waals surface area contributed by atoms with Gasteiger partial charge in [0, 0.05) is 26.2 Å². The number of nitrogens with zero attached hydrogens (tertiary/aromatic N) is 1. The Balaban J connectivity index is 2.01. The maximum atomic E-state index is 5.87. The molecule has 2 unspecified atom stereocenters. The van der Waals surface area contributed by atoms with Gasteiger partial charge in [-0.3, -0.25) is 4.90 Å². The summed E-state index contributed by atoms with van der Waals surface area (Å²) in [6.45, 7) is 8.51. The summed E-state index contributed by atoms with van der Waals surface area (Å²) in [6, 6.07) is 0.523. The first kappa shape index (κ1) is 16.9. The van der Waals surface area contributed by atoms with Crippen LogP contribution in [0.15, 0.2) is 0 Å². The number of methoxy groups -OCH3 is 1. The van der Waals surface area contributed by atoms with Crippen LogP contribution in [-0.4, -0.2) is 70.7 Å². The van der Waals surface area contributed by atoms with Crippen molar-refractivity contribution in [2.45, 2.75) is 25.8 Å². The highest BCUT2D eigenvalue weighted by molar-refractivity contribution is 4.82. The van der Waals surface area contributed by atoms with Crippen molar-refractivity contribution in [3.05, 3.63) is 0 Å². The Kier molecular flexibility index (Phi) is 9.38. The molecule has 1 saturated heterocycles. The molecule has 1 aliphatic heterocycles. The van der Waals surface area contributed by atoms with E-state index in [1.165, 1.54) is 12.8 Å². The quantitative estimate of drug-likeness (QED) is 0.595. The van der Waals surface area contributed by atoms with Crippen LogP contribution in [0.5, 0.6) is 0 Å². The first-order valence-electron chi connectivity index (χ1n) is 7.38. The number of ether oxygens (including phenoxy) is 3. The monoisotopic (exact) mass is 274 g/mol. The van der Waals surface area contributed by atoms with Crippen molar-refractivity contribution >= 4 is 0 Å². The molecule has 2 atom stereocenters. The molecule has 0 radical (unpaired) electrons. The zero-order valence-electron chi connectivity index (χ0n) is 12.5. The Labute approximate surface area is 117 Å². The minimum Gasteiger partial charge on any atom is -0.382 e. The largest absolute Gasteiger partial charge is 0.382 e. The average Bonchev–Trinajstić information content (AvgIpc) is 2.42. The maximum Gasteiger partial charge on any atom is 0.0701 e. The smallest absolute Gasteiger partial charge is 0.0701 e. The Morgan fingerprint density at radius 3 is 2.47 bits per heavy atom. The van der Waals surface area contributed by atoms with Crippen LogP contribution >= 0.6 is 0 Å². The molecule has 0 aliphatic carbocycles. The summed E-state index contributed by atoms with van der Waals surface area (Å²) in [5.74, 6) is 0.705. The van der Waals surface area contributed by atoms with E-state index in [0.717, 1.165) is 26.2 Å². The third-order valence-corrected chi connectivity index (χ3v) is 3.80. The summed E-state index contributed by atoms with van der Waals surface area (Å²) < 4.78 is 15.8. The molecule has 5 heteroatoms. The Hall–Kier alpha value is -0.200. The lowest BCUT2D eigenvalue weighted by atomic mass is 9.91. The fourth-order valence-electron chi connectivity index (χ4n) is 2.64. The van der Waals surface area contributed by atoms with Crippen LogP contribution in [0, 0.1) is 5.92 Å². The number of hydrogen-bond donors (Lipinski definition) is 1. The lowest BCUT2D eigenvalue weighted by Gasteiger charge is -2.39. The van der Waals surface area contributed by atoms with Crippen LogP contribution in [0.1, 0.15) is 19.8 Å². The first-order valence-corrected chi connectivity index (χ1v) is 7.38. The molecule has 1 fully saturated rings. The van der Waals surface area contributed by atoms with Crippen molar-refractivity contribution in [3.8, 4) is 0 Å². The highest BCUT2D eigenvalue weighted by atomic mass is 16.5. The van der Waals surface area contributed by atoms with Crippen molar-refractivity contribution < 1.29 is 14.2 Å². The van der Waals surface area contributed by atoms with Gasteiger partial charge < -0.3 is 19.9 Å². The van der Waals surface area contributed by atoms with Gasteiger partial charge in [-0.05, 0) is 25.3 Å². The van der Waals surface area contributed by atoms with Gasteiger partial charge in [-0.1, -0.05) is 6.92 Å². The highest BCUT2D eigenvalue weighted by Gasteiger charge is 2.26. The summed E-state index contributed by atoms with van der Waals surface area (Å²) in [5.41, 5.74) is 5.87. The van der Waals surface area contributed by atoms with E-state index >= 15 is 0 Å². The predicted molar refractivity (Wildman–Crippen MR) is 76.3 cm³/mol. The molecular formula is C14H30N2O3. The van der Waals surface area contributed by atoms with E-state index in [1.54, 1.807) is 7.11 Å². The molecule has 0 bridgehead atoms. The Bertz CT molecular complexity index is 217. The second kappa shape index (κ2) is 10.6. The van der Waals surface area contributed by atoms with E-state index in [4.69, 9.17) is 19.9 Å².